The minimum atomic E-state index is 0.321. The molecule has 18 heavy (non-hydrogen) atoms. The minimum Gasteiger partial charge on any atom is -0.329 e. The van der Waals surface area contributed by atoms with Crippen LogP contribution >= 0.6 is 0 Å². The first kappa shape index (κ1) is 14.3. The molecule has 2 fully saturated rings. The zero-order valence-corrected chi connectivity index (χ0v) is 12.3. The number of likely N-dealkylation sites (tertiary alicyclic amines) is 1. The summed E-state index contributed by atoms with van der Waals surface area (Å²) in [6.07, 6.45) is 7.90. The molecular weight excluding hydrogens is 222 g/mol. The fourth-order valence-corrected chi connectivity index (χ4v) is 3.55. The number of hydrogen-bond donors (Lipinski definition) is 1. The first-order valence-electron chi connectivity index (χ1n) is 7.95. The van der Waals surface area contributed by atoms with Gasteiger partial charge in [0.05, 0.1) is 0 Å². The van der Waals surface area contributed by atoms with Gasteiger partial charge in [0.2, 0.25) is 0 Å². The molecule has 0 amide bonds. The van der Waals surface area contributed by atoms with Crippen molar-refractivity contribution in [1.82, 2.24) is 9.80 Å². The van der Waals surface area contributed by atoms with Crippen molar-refractivity contribution in [1.29, 1.82) is 0 Å². The van der Waals surface area contributed by atoms with E-state index in [1.165, 1.54) is 64.7 Å². The van der Waals surface area contributed by atoms with Gasteiger partial charge in [-0.3, -0.25) is 4.90 Å². The topological polar surface area (TPSA) is 32.5 Å². The molecule has 2 rings (SSSR count). The Kier molecular flexibility index (Phi) is 5.05. The summed E-state index contributed by atoms with van der Waals surface area (Å²) in [4.78, 5) is 5.39. The average molecular weight is 253 g/mol. The van der Waals surface area contributed by atoms with Gasteiger partial charge in [0.25, 0.3) is 0 Å². The molecule has 1 aliphatic carbocycles. The Balaban J connectivity index is 1.97. The summed E-state index contributed by atoms with van der Waals surface area (Å²) in [5.41, 5.74) is 6.52. The molecule has 1 heterocycles. The van der Waals surface area contributed by atoms with Crippen LogP contribution in [0.1, 0.15) is 52.4 Å². The lowest BCUT2D eigenvalue weighted by Crippen LogP contribution is -2.60. The molecule has 0 bridgehead atoms. The molecule has 0 radical (unpaired) electrons. The number of nitrogens with zero attached hydrogens (tertiary/aromatic N) is 2. The molecule has 0 unspecified atom stereocenters. The van der Waals surface area contributed by atoms with E-state index >= 15 is 0 Å². The summed E-state index contributed by atoms with van der Waals surface area (Å²) < 4.78 is 0. The Hall–Kier alpha value is -0.120. The monoisotopic (exact) mass is 253 g/mol. The molecule has 0 aromatic heterocycles. The van der Waals surface area contributed by atoms with E-state index in [1.807, 2.05) is 0 Å². The standard InChI is InChI=1S/C15H31N3/c1-3-9-17-11-7-15(13-16,8-12-17)18(10-4-2)14-5-6-14/h14H,3-13,16H2,1-2H3. The second-order valence-corrected chi connectivity index (χ2v) is 6.19. The van der Waals surface area contributed by atoms with Crippen LogP contribution in [0, 0.1) is 0 Å². The van der Waals surface area contributed by atoms with Crippen LogP contribution in [-0.4, -0.2) is 54.1 Å². The lowest BCUT2D eigenvalue weighted by molar-refractivity contribution is 0.0204. The summed E-state index contributed by atoms with van der Waals surface area (Å²) in [5, 5.41) is 0. The smallest absolute Gasteiger partial charge is 0.0358 e. The van der Waals surface area contributed by atoms with Gasteiger partial charge in [0.1, 0.15) is 0 Å². The SMILES string of the molecule is CCCN1CCC(CN)(N(CCC)C2CC2)CC1. The van der Waals surface area contributed by atoms with Crippen LogP contribution in [0.15, 0.2) is 0 Å². The lowest BCUT2D eigenvalue weighted by atomic mass is 9.85. The molecule has 2 N–H and O–H groups in total. The highest BCUT2D eigenvalue weighted by molar-refractivity contribution is 5.01. The van der Waals surface area contributed by atoms with E-state index in [4.69, 9.17) is 5.73 Å². The molecule has 0 aromatic rings. The van der Waals surface area contributed by atoms with E-state index in [2.05, 4.69) is 23.6 Å². The Morgan fingerprint density at radius 3 is 2.28 bits per heavy atom. The molecule has 1 aliphatic heterocycles. The maximum Gasteiger partial charge on any atom is 0.0358 e. The van der Waals surface area contributed by atoms with E-state index in [9.17, 15) is 0 Å². The fourth-order valence-electron chi connectivity index (χ4n) is 3.55. The molecule has 106 valence electrons. The minimum absolute atomic E-state index is 0.321. The van der Waals surface area contributed by atoms with E-state index in [0.29, 0.717) is 5.54 Å². The molecule has 0 atom stereocenters. The number of rotatable bonds is 7. The van der Waals surface area contributed by atoms with Crippen molar-refractivity contribution < 1.29 is 0 Å². The van der Waals surface area contributed by atoms with Crippen molar-refractivity contribution in [3.8, 4) is 0 Å². The van der Waals surface area contributed by atoms with Crippen molar-refractivity contribution in [2.24, 2.45) is 5.73 Å². The second kappa shape index (κ2) is 6.36. The van der Waals surface area contributed by atoms with Crippen LogP contribution in [0.5, 0.6) is 0 Å². The third-order valence-electron chi connectivity index (χ3n) is 4.77. The predicted octanol–water partition coefficient (Wildman–Crippen LogP) is 2.06. The van der Waals surface area contributed by atoms with Crippen LogP contribution in [0.4, 0.5) is 0 Å². The van der Waals surface area contributed by atoms with Gasteiger partial charge in [-0.05, 0) is 64.7 Å². The van der Waals surface area contributed by atoms with Crippen LogP contribution < -0.4 is 5.73 Å². The maximum absolute atomic E-state index is 6.19. The highest BCUT2D eigenvalue weighted by Crippen LogP contribution is 2.38. The van der Waals surface area contributed by atoms with Crippen molar-refractivity contribution in [3.05, 3.63) is 0 Å². The van der Waals surface area contributed by atoms with Gasteiger partial charge in [-0.25, -0.2) is 0 Å². The normalized spacial score (nSPS) is 24.7. The van der Waals surface area contributed by atoms with Crippen LogP contribution in [0.3, 0.4) is 0 Å². The molecule has 2 aliphatic rings. The van der Waals surface area contributed by atoms with Gasteiger partial charge in [-0.1, -0.05) is 13.8 Å². The van der Waals surface area contributed by atoms with E-state index < -0.39 is 0 Å². The van der Waals surface area contributed by atoms with E-state index in [1.54, 1.807) is 0 Å². The van der Waals surface area contributed by atoms with E-state index in [0.717, 1.165) is 12.6 Å². The maximum atomic E-state index is 6.19. The first-order chi connectivity index (χ1) is 8.75. The van der Waals surface area contributed by atoms with Gasteiger partial charge in [0.15, 0.2) is 0 Å². The Morgan fingerprint density at radius 2 is 1.83 bits per heavy atom. The first-order valence-corrected chi connectivity index (χ1v) is 7.95. The van der Waals surface area contributed by atoms with Gasteiger partial charge in [-0.2, -0.15) is 0 Å². The van der Waals surface area contributed by atoms with Crippen LogP contribution in [0.25, 0.3) is 0 Å². The molecular formula is C15H31N3. The zero-order chi connectivity index (χ0) is 13.0. The molecule has 1 saturated carbocycles. The fraction of sp³-hybridized carbons (Fsp3) is 1.00. The summed E-state index contributed by atoms with van der Waals surface area (Å²) in [6.45, 7) is 10.4. The van der Waals surface area contributed by atoms with Crippen molar-refractivity contribution in [2.75, 3.05) is 32.7 Å². The van der Waals surface area contributed by atoms with Gasteiger partial charge < -0.3 is 10.6 Å². The Morgan fingerprint density at radius 1 is 1.17 bits per heavy atom. The zero-order valence-electron chi connectivity index (χ0n) is 12.3. The lowest BCUT2D eigenvalue weighted by Gasteiger charge is -2.49. The Labute approximate surface area is 113 Å². The quantitative estimate of drug-likeness (QED) is 0.754. The van der Waals surface area contributed by atoms with E-state index in [-0.39, 0.29) is 0 Å². The number of hydrogen-bond acceptors (Lipinski definition) is 3. The van der Waals surface area contributed by atoms with Gasteiger partial charge >= 0.3 is 0 Å². The predicted molar refractivity (Wildman–Crippen MR) is 77.8 cm³/mol. The molecule has 1 saturated heterocycles. The summed E-state index contributed by atoms with van der Waals surface area (Å²) in [5.74, 6) is 0. The highest BCUT2D eigenvalue weighted by atomic mass is 15.3. The number of nitrogens with two attached hydrogens (primary N) is 1. The average Bonchev–Trinajstić information content (AvgIpc) is 3.22. The van der Waals surface area contributed by atoms with Crippen LogP contribution in [0.2, 0.25) is 0 Å². The van der Waals surface area contributed by atoms with Crippen molar-refractivity contribution >= 4 is 0 Å². The summed E-state index contributed by atoms with van der Waals surface area (Å²) >= 11 is 0. The number of piperidine rings is 1. The summed E-state index contributed by atoms with van der Waals surface area (Å²) in [6, 6.07) is 0.853. The second-order valence-electron chi connectivity index (χ2n) is 6.19. The van der Waals surface area contributed by atoms with Crippen molar-refractivity contribution in [2.45, 2.75) is 64.0 Å². The van der Waals surface area contributed by atoms with Crippen LogP contribution in [-0.2, 0) is 0 Å². The highest BCUT2D eigenvalue weighted by Gasteiger charge is 2.44. The van der Waals surface area contributed by atoms with Gasteiger partial charge in [0, 0.05) is 18.1 Å². The molecule has 3 nitrogen and oxygen atoms in total. The van der Waals surface area contributed by atoms with Crippen molar-refractivity contribution in [3.63, 3.8) is 0 Å². The summed E-state index contributed by atoms with van der Waals surface area (Å²) in [7, 11) is 0. The van der Waals surface area contributed by atoms with Gasteiger partial charge in [-0.15, -0.1) is 0 Å². The molecule has 3 heteroatoms. The Bertz CT molecular complexity index is 242. The third kappa shape index (κ3) is 3.06. The third-order valence-corrected chi connectivity index (χ3v) is 4.77. The molecule has 0 spiro atoms. The largest absolute Gasteiger partial charge is 0.329 e. The molecule has 0 aromatic carbocycles.